The molecule has 1 aromatic rings. The molecule has 0 radical (unpaired) electrons. The highest BCUT2D eigenvalue weighted by Crippen LogP contribution is 2.25. The molecule has 1 aromatic carbocycles. The zero-order chi connectivity index (χ0) is 15.6. The molecule has 1 heterocycles. The lowest BCUT2D eigenvalue weighted by Crippen LogP contribution is -2.44. The lowest BCUT2D eigenvalue weighted by atomic mass is 10.0. The van der Waals surface area contributed by atoms with E-state index in [9.17, 15) is 14.9 Å². The second-order valence-corrected chi connectivity index (χ2v) is 5.81. The minimum atomic E-state index is -0.550. The molecule has 0 aromatic heterocycles. The third kappa shape index (κ3) is 3.51. The van der Waals surface area contributed by atoms with Crippen molar-refractivity contribution >= 4 is 23.2 Å². The zero-order valence-corrected chi connectivity index (χ0v) is 12.8. The number of likely N-dealkylation sites (tertiary alicyclic amines) is 1. The van der Waals surface area contributed by atoms with Crippen molar-refractivity contribution in [2.24, 2.45) is 0 Å². The number of carbonyl (C=O) groups is 1. The number of rotatable bonds is 3. The van der Waals surface area contributed by atoms with Crippen LogP contribution in [0.15, 0.2) is 18.2 Å². The fourth-order valence-electron chi connectivity index (χ4n) is 2.58. The first kappa shape index (κ1) is 15.7. The Labute approximate surface area is 128 Å². The summed E-state index contributed by atoms with van der Waals surface area (Å²) in [6, 6.07) is 4.17. The van der Waals surface area contributed by atoms with Crippen LogP contribution in [0.25, 0.3) is 0 Å². The quantitative estimate of drug-likeness (QED) is 0.635. The van der Waals surface area contributed by atoms with Gasteiger partial charge in [-0.05, 0) is 45.1 Å². The summed E-state index contributed by atoms with van der Waals surface area (Å²) < 4.78 is 0. The number of nitrogens with zero attached hydrogens (tertiary/aromatic N) is 3. The lowest BCUT2D eigenvalue weighted by molar-refractivity contribution is -0.385. The second kappa shape index (κ2) is 6.41. The van der Waals surface area contributed by atoms with E-state index >= 15 is 0 Å². The topological polar surface area (TPSA) is 66.7 Å². The Hall–Kier alpha value is -1.66. The molecule has 7 heteroatoms. The Morgan fingerprint density at radius 3 is 2.62 bits per heavy atom. The van der Waals surface area contributed by atoms with Gasteiger partial charge in [0.05, 0.1) is 4.92 Å². The van der Waals surface area contributed by atoms with Crippen molar-refractivity contribution in [3.63, 3.8) is 0 Å². The Bertz CT molecular complexity index is 556. The first-order chi connectivity index (χ1) is 9.90. The molecule has 1 aliphatic rings. The Morgan fingerprint density at radius 1 is 1.43 bits per heavy atom. The lowest BCUT2D eigenvalue weighted by Gasteiger charge is -2.35. The number of carbonyl (C=O) groups excluding carboxylic acids is 1. The number of hydrogen-bond donors (Lipinski definition) is 0. The van der Waals surface area contributed by atoms with Gasteiger partial charge in [-0.15, -0.1) is 0 Å². The van der Waals surface area contributed by atoms with Crippen molar-refractivity contribution in [3.05, 3.63) is 38.9 Å². The molecule has 1 saturated heterocycles. The predicted molar refractivity (Wildman–Crippen MR) is 80.7 cm³/mol. The number of hydrogen-bond acceptors (Lipinski definition) is 4. The van der Waals surface area contributed by atoms with Gasteiger partial charge in [0.2, 0.25) is 0 Å². The summed E-state index contributed by atoms with van der Waals surface area (Å²) in [5.41, 5.74) is -0.155. The van der Waals surface area contributed by atoms with E-state index in [1.54, 1.807) is 11.9 Å². The molecule has 0 spiro atoms. The van der Waals surface area contributed by atoms with Gasteiger partial charge in [-0.1, -0.05) is 11.6 Å². The van der Waals surface area contributed by atoms with Crippen molar-refractivity contribution in [2.45, 2.75) is 18.9 Å². The minimum absolute atomic E-state index is 0.0499. The number of halogens is 1. The Balaban J connectivity index is 2.23. The van der Waals surface area contributed by atoms with Crippen molar-refractivity contribution in [2.75, 3.05) is 27.2 Å². The fraction of sp³-hybridized carbons (Fsp3) is 0.500. The molecule has 0 bridgehead atoms. The van der Waals surface area contributed by atoms with Crippen LogP contribution in [0.3, 0.4) is 0 Å². The molecule has 21 heavy (non-hydrogen) atoms. The first-order valence-electron chi connectivity index (χ1n) is 6.80. The summed E-state index contributed by atoms with van der Waals surface area (Å²) in [6.45, 7) is 1.83. The molecule has 1 fully saturated rings. The average molecular weight is 312 g/mol. The molecule has 2 rings (SSSR count). The van der Waals surface area contributed by atoms with E-state index < -0.39 is 4.92 Å². The third-order valence-corrected chi connectivity index (χ3v) is 4.18. The van der Waals surface area contributed by atoms with Gasteiger partial charge in [-0.3, -0.25) is 14.9 Å². The van der Waals surface area contributed by atoms with Gasteiger partial charge < -0.3 is 9.80 Å². The monoisotopic (exact) mass is 311 g/mol. The highest BCUT2D eigenvalue weighted by molar-refractivity contribution is 6.31. The van der Waals surface area contributed by atoms with E-state index in [1.165, 1.54) is 18.2 Å². The normalized spacial score (nSPS) is 16.7. The zero-order valence-electron chi connectivity index (χ0n) is 12.1. The molecular weight excluding hydrogens is 294 g/mol. The van der Waals surface area contributed by atoms with Crippen molar-refractivity contribution in [1.82, 2.24) is 9.80 Å². The van der Waals surface area contributed by atoms with E-state index in [0.717, 1.165) is 25.9 Å². The molecule has 0 unspecified atom stereocenters. The van der Waals surface area contributed by atoms with Crippen molar-refractivity contribution in [1.29, 1.82) is 0 Å². The second-order valence-electron chi connectivity index (χ2n) is 5.37. The molecule has 1 aliphatic heterocycles. The smallest absolute Gasteiger partial charge is 0.282 e. The average Bonchev–Trinajstić information content (AvgIpc) is 2.46. The number of amides is 1. The summed E-state index contributed by atoms with van der Waals surface area (Å²) in [5, 5.41) is 11.4. The van der Waals surface area contributed by atoms with Gasteiger partial charge >= 0.3 is 0 Å². The number of nitro groups is 1. The van der Waals surface area contributed by atoms with Crippen LogP contribution in [-0.2, 0) is 0 Å². The van der Waals surface area contributed by atoms with E-state index in [0.29, 0.717) is 5.02 Å². The summed E-state index contributed by atoms with van der Waals surface area (Å²) >= 11 is 5.88. The predicted octanol–water partition coefficient (Wildman–Crippen LogP) is 2.41. The summed E-state index contributed by atoms with van der Waals surface area (Å²) in [6.07, 6.45) is 1.74. The summed E-state index contributed by atoms with van der Waals surface area (Å²) in [5.74, 6) is -0.348. The van der Waals surface area contributed by atoms with Crippen LogP contribution in [-0.4, -0.2) is 53.9 Å². The van der Waals surface area contributed by atoms with Crippen LogP contribution in [0.1, 0.15) is 23.2 Å². The van der Waals surface area contributed by atoms with Gasteiger partial charge in [0.1, 0.15) is 5.56 Å². The fourth-order valence-corrected chi connectivity index (χ4v) is 2.75. The highest BCUT2D eigenvalue weighted by atomic mass is 35.5. The van der Waals surface area contributed by atoms with E-state index in [4.69, 9.17) is 11.6 Å². The Morgan fingerprint density at radius 2 is 2.05 bits per heavy atom. The Kier molecular flexibility index (Phi) is 4.80. The maximum atomic E-state index is 12.6. The molecule has 0 saturated carbocycles. The van der Waals surface area contributed by atoms with Gasteiger partial charge in [-0.25, -0.2) is 0 Å². The standard InChI is InChI=1S/C14H18ClN3O3/c1-16-7-5-11(6-8-16)17(2)14(19)12-9-10(15)3-4-13(12)18(20)21/h3-4,9,11H,5-8H2,1-2H3. The van der Waals surface area contributed by atoms with Crippen LogP contribution < -0.4 is 0 Å². The van der Waals surface area contributed by atoms with Crippen LogP contribution >= 0.6 is 11.6 Å². The molecular formula is C14H18ClN3O3. The van der Waals surface area contributed by atoms with E-state index in [1.807, 2.05) is 7.05 Å². The summed E-state index contributed by atoms with van der Waals surface area (Å²) in [4.78, 5) is 26.9. The molecule has 0 atom stereocenters. The number of piperidine rings is 1. The molecule has 0 N–H and O–H groups in total. The van der Waals surface area contributed by atoms with Crippen molar-refractivity contribution in [3.8, 4) is 0 Å². The van der Waals surface area contributed by atoms with Gasteiger partial charge in [0.25, 0.3) is 11.6 Å². The van der Waals surface area contributed by atoms with E-state index in [2.05, 4.69) is 4.90 Å². The van der Waals surface area contributed by atoms with Crippen LogP contribution in [0.2, 0.25) is 5.02 Å². The minimum Gasteiger partial charge on any atom is -0.338 e. The largest absolute Gasteiger partial charge is 0.338 e. The van der Waals surface area contributed by atoms with Crippen LogP contribution in [0.4, 0.5) is 5.69 Å². The van der Waals surface area contributed by atoms with Gasteiger partial charge in [-0.2, -0.15) is 0 Å². The molecule has 1 amide bonds. The highest BCUT2D eigenvalue weighted by Gasteiger charge is 2.29. The third-order valence-electron chi connectivity index (χ3n) is 3.94. The van der Waals surface area contributed by atoms with Crippen LogP contribution in [0, 0.1) is 10.1 Å². The first-order valence-corrected chi connectivity index (χ1v) is 7.17. The summed E-state index contributed by atoms with van der Waals surface area (Å²) in [7, 11) is 3.74. The van der Waals surface area contributed by atoms with Gasteiger partial charge in [0, 0.05) is 24.2 Å². The molecule has 114 valence electrons. The maximum absolute atomic E-state index is 12.6. The SMILES string of the molecule is CN1CCC(N(C)C(=O)c2cc(Cl)ccc2[N+](=O)[O-])CC1. The van der Waals surface area contributed by atoms with E-state index in [-0.39, 0.29) is 23.2 Å². The van der Waals surface area contributed by atoms with Crippen LogP contribution in [0.5, 0.6) is 0 Å². The number of nitro benzene ring substituents is 1. The van der Waals surface area contributed by atoms with Gasteiger partial charge in [0.15, 0.2) is 0 Å². The molecule has 0 aliphatic carbocycles. The maximum Gasteiger partial charge on any atom is 0.282 e. The van der Waals surface area contributed by atoms with Crippen molar-refractivity contribution < 1.29 is 9.72 Å². The number of benzene rings is 1. The molecule has 6 nitrogen and oxygen atoms in total.